The van der Waals surface area contributed by atoms with E-state index in [1.807, 2.05) is 11.3 Å². The van der Waals surface area contributed by atoms with E-state index in [-0.39, 0.29) is 0 Å². The first-order chi connectivity index (χ1) is 8.86. The zero-order chi connectivity index (χ0) is 12.4. The highest BCUT2D eigenvalue weighted by molar-refractivity contribution is 7.15. The van der Waals surface area contributed by atoms with Crippen LogP contribution in [0.4, 0.5) is 5.13 Å². The Balaban J connectivity index is 1.57. The largest absolute Gasteiger partial charge is 0.348 e. The van der Waals surface area contributed by atoms with Gasteiger partial charge in [0.2, 0.25) is 0 Å². The van der Waals surface area contributed by atoms with Crippen LogP contribution in [0, 0.1) is 11.8 Å². The summed E-state index contributed by atoms with van der Waals surface area (Å²) in [6.45, 7) is 6.78. The van der Waals surface area contributed by atoms with Crippen LogP contribution >= 0.6 is 11.3 Å². The molecule has 4 heteroatoms. The van der Waals surface area contributed by atoms with Crippen molar-refractivity contribution in [2.75, 3.05) is 24.5 Å². The second kappa shape index (κ2) is 5.57. The number of fused-ring (bicyclic) bond motifs is 1. The molecule has 0 amide bonds. The average molecular weight is 265 g/mol. The molecule has 1 saturated carbocycles. The van der Waals surface area contributed by atoms with Crippen molar-refractivity contribution >= 4 is 16.5 Å². The fourth-order valence-corrected chi connectivity index (χ4v) is 4.20. The number of hydrogen-bond donors (Lipinski definition) is 1. The lowest BCUT2D eigenvalue weighted by Gasteiger charge is -2.15. The molecule has 1 aromatic heterocycles. The van der Waals surface area contributed by atoms with E-state index in [4.69, 9.17) is 0 Å². The summed E-state index contributed by atoms with van der Waals surface area (Å²) in [6.07, 6.45) is 7.58. The fraction of sp³-hybridized carbons (Fsp3) is 0.786. The zero-order valence-electron chi connectivity index (χ0n) is 11.2. The summed E-state index contributed by atoms with van der Waals surface area (Å²) in [6, 6.07) is 0. The van der Waals surface area contributed by atoms with Gasteiger partial charge in [-0.05, 0) is 37.6 Å². The first-order valence-electron chi connectivity index (χ1n) is 7.27. The summed E-state index contributed by atoms with van der Waals surface area (Å²) in [5, 5.41) is 4.69. The molecule has 0 aromatic carbocycles. The van der Waals surface area contributed by atoms with Gasteiger partial charge in [0.15, 0.2) is 5.13 Å². The maximum atomic E-state index is 4.61. The number of nitrogens with zero attached hydrogens (tertiary/aromatic N) is 2. The Bertz CT molecular complexity index is 378. The third kappa shape index (κ3) is 2.54. The van der Waals surface area contributed by atoms with E-state index in [0.29, 0.717) is 0 Å². The lowest BCUT2D eigenvalue weighted by Crippen LogP contribution is -2.20. The molecule has 3 rings (SSSR count). The molecule has 0 radical (unpaired) electrons. The SMILES string of the molecule is CCCNCc1cnc(N2CC3CCCC3C2)s1. The topological polar surface area (TPSA) is 28.2 Å². The highest BCUT2D eigenvalue weighted by Crippen LogP contribution is 2.40. The second-order valence-electron chi connectivity index (χ2n) is 5.64. The number of nitrogens with one attached hydrogen (secondary N) is 1. The van der Waals surface area contributed by atoms with Gasteiger partial charge in [-0.3, -0.25) is 0 Å². The first-order valence-corrected chi connectivity index (χ1v) is 8.09. The van der Waals surface area contributed by atoms with E-state index >= 15 is 0 Å². The Morgan fingerprint density at radius 2 is 2.17 bits per heavy atom. The van der Waals surface area contributed by atoms with Crippen molar-refractivity contribution in [3.63, 3.8) is 0 Å². The van der Waals surface area contributed by atoms with Gasteiger partial charge in [-0.25, -0.2) is 4.98 Å². The molecule has 0 spiro atoms. The normalized spacial score (nSPS) is 26.8. The zero-order valence-corrected chi connectivity index (χ0v) is 12.0. The molecule has 2 heterocycles. The van der Waals surface area contributed by atoms with E-state index in [0.717, 1.165) is 24.9 Å². The Labute approximate surface area is 114 Å². The summed E-state index contributed by atoms with van der Waals surface area (Å²) in [5.41, 5.74) is 0. The summed E-state index contributed by atoms with van der Waals surface area (Å²) in [7, 11) is 0. The third-order valence-corrected chi connectivity index (χ3v) is 5.32. The van der Waals surface area contributed by atoms with Gasteiger partial charge in [-0.15, -0.1) is 11.3 Å². The number of rotatable bonds is 5. The Hall–Kier alpha value is -0.610. The molecular weight excluding hydrogens is 242 g/mol. The van der Waals surface area contributed by atoms with Crippen LogP contribution in [0.15, 0.2) is 6.20 Å². The highest BCUT2D eigenvalue weighted by atomic mass is 32.1. The molecule has 1 aromatic rings. The molecule has 2 aliphatic rings. The van der Waals surface area contributed by atoms with Gasteiger partial charge >= 0.3 is 0 Å². The molecule has 2 fully saturated rings. The maximum absolute atomic E-state index is 4.61. The van der Waals surface area contributed by atoms with E-state index < -0.39 is 0 Å². The minimum atomic E-state index is 0.954. The Morgan fingerprint density at radius 1 is 1.39 bits per heavy atom. The van der Waals surface area contributed by atoms with Crippen molar-refractivity contribution in [2.45, 2.75) is 39.2 Å². The molecule has 2 unspecified atom stereocenters. The third-order valence-electron chi connectivity index (χ3n) is 4.26. The van der Waals surface area contributed by atoms with Crippen molar-refractivity contribution in [3.8, 4) is 0 Å². The van der Waals surface area contributed by atoms with E-state index in [1.54, 1.807) is 0 Å². The van der Waals surface area contributed by atoms with Crippen LogP contribution < -0.4 is 10.2 Å². The van der Waals surface area contributed by atoms with Crippen LogP contribution in [-0.4, -0.2) is 24.6 Å². The molecule has 1 saturated heterocycles. The Kier molecular flexibility index (Phi) is 3.85. The van der Waals surface area contributed by atoms with Crippen molar-refractivity contribution in [2.24, 2.45) is 11.8 Å². The second-order valence-corrected chi connectivity index (χ2v) is 6.74. The van der Waals surface area contributed by atoms with E-state index in [9.17, 15) is 0 Å². The van der Waals surface area contributed by atoms with Crippen LogP contribution in [0.25, 0.3) is 0 Å². The smallest absolute Gasteiger partial charge is 0.185 e. The summed E-state index contributed by atoms with van der Waals surface area (Å²) in [5.74, 6) is 1.91. The van der Waals surface area contributed by atoms with Gasteiger partial charge in [0, 0.05) is 30.7 Å². The number of thiazole rings is 1. The van der Waals surface area contributed by atoms with Gasteiger partial charge in [0.1, 0.15) is 0 Å². The van der Waals surface area contributed by atoms with Crippen LogP contribution in [0.3, 0.4) is 0 Å². The molecule has 0 bridgehead atoms. The Morgan fingerprint density at radius 3 is 2.89 bits per heavy atom. The van der Waals surface area contributed by atoms with Crippen molar-refractivity contribution in [3.05, 3.63) is 11.1 Å². The molecule has 3 nitrogen and oxygen atoms in total. The van der Waals surface area contributed by atoms with E-state index in [1.165, 1.54) is 48.8 Å². The molecule has 1 aliphatic heterocycles. The number of anilines is 1. The molecular formula is C14H23N3S. The maximum Gasteiger partial charge on any atom is 0.185 e. The van der Waals surface area contributed by atoms with Gasteiger partial charge in [-0.1, -0.05) is 13.3 Å². The van der Waals surface area contributed by atoms with Gasteiger partial charge in [-0.2, -0.15) is 0 Å². The molecule has 2 atom stereocenters. The summed E-state index contributed by atoms with van der Waals surface area (Å²) < 4.78 is 0. The van der Waals surface area contributed by atoms with Crippen molar-refractivity contribution in [1.82, 2.24) is 10.3 Å². The monoisotopic (exact) mass is 265 g/mol. The van der Waals surface area contributed by atoms with Gasteiger partial charge in [0.05, 0.1) is 0 Å². The lowest BCUT2D eigenvalue weighted by atomic mass is 10.0. The van der Waals surface area contributed by atoms with Crippen LogP contribution in [-0.2, 0) is 6.54 Å². The van der Waals surface area contributed by atoms with Crippen LogP contribution in [0.5, 0.6) is 0 Å². The number of hydrogen-bond acceptors (Lipinski definition) is 4. The lowest BCUT2D eigenvalue weighted by molar-refractivity contribution is 0.494. The average Bonchev–Trinajstić information content (AvgIpc) is 3.02. The predicted molar refractivity (Wildman–Crippen MR) is 77.2 cm³/mol. The fourth-order valence-electron chi connectivity index (χ4n) is 3.30. The molecule has 18 heavy (non-hydrogen) atoms. The van der Waals surface area contributed by atoms with Crippen LogP contribution in [0.2, 0.25) is 0 Å². The molecule has 100 valence electrons. The quantitative estimate of drug-likeness (QED) is 0.830. The van der Waals surface area contributed by atoms with Gasteiger partial charge in [0.25, 0.3) is 0 Å². The predicted octanol–water partition coefficient (Wildman–Crippen LogP) is 2.88. The molecule has 1 aliphatic carbocycles. The molecule has 1 N–H and O–H groups in total. The van der Waals surface area contributed by atoms with E-state index in [2.05, 4.69) is 28.3 Å². The summed E-state index contributed by atoms with van der Waals surface area (Å²) >= 11 is 1.87. The standard InChI is InChI=1S/C14H23N3S/c1-2-6-15-7-13-8-16-14(18-13)17-9-11-4-3-5-12(11)10-17/h8,11-12,15H,2-7,9-10H2,1H3. The minimum absolute atomic E-state index is 0.954. The first kappa shape index (κ1) is 12.4. The number of aromatic nitrogens is 1. The van der Waals surface area contributed by atoms with Crippen molar-refractivity contribution in [1.29, 1.82) is 0 Å². The van der Waals surface area contributed by atoms with Crippen molar-refractivity contribution < 1.29 is 0 Å². The van der Waals surface area contributed by atoms with Gasteiger partial charge < -0.3 is 10.2 Å². The minimum Gasteiger partial charge on any atom is -0.348 e. The summed E-state index contributed by atoms with van der Waals surface area (Å²) in [4.78, 5) is 8.50. The highest BCUT2D eigenvalue weighted by Gasteiger charge is 2.36. The van der Waals surface area contributed by atoms with Crippen LogP contribution in [0.1, 0.15) is 37.5 Å².